The van der Waals surface area contributed by atoms with Crippen molar-refractivity contribution in [1.82, 2.24) is 15.5 Å². The van der Waals surface area contributed by atoms with Crippen molar-refractivity contribution in [2.24, 2.45) is 0 Å². The highest BCUT2D eigenvalue weighted by Crippen LogP contribution is 2.10. The molecule has 2 atom stereocenters. The summed E-state index contributed by atoms with van der Waals surface area (Å²) in [7, 11) is 0. The predicted octanol–water partition coefficient (Wildman–Crippen LogP) is 1.12. The summed E-state index contributed by atoms with van der Waals surface area (Å²) in [5.41, 5.74) is 0. The molecule has 0 bridgehead atoms. The van der Waals surface area contributed by atoms with E-state index >= 15 is 0 Å². The molecule has 2 rings (SSSR count). The van der Waals surface area contributed by atoms with Gasteiger partial charge < -0.3 is 15.5 Å². The van der Waals surface area contributed by atoms with Crippen LogP contribution in [0.2, 0.25) is 0 Å². The Bertz CT molecular complexity index is 258. The zero-order valence-electron chi connectivity index (χ0n) is 11.6. The van der Waals surface area contributed by atoms with Crippen molar-refractivity contribution in [3.8, 4) is 0 Å². The molecule has 0 aliphatic carbocycles. The zero-order chi connectivity index (χ0) is 12.8. The smallest absolute Gasteiger partial charge is 0.237 e. The molecule has 2 aliphatic rings. The van der Waals surface area contributed by atoms with Gasteiger partial charge in [-0.3, -0.25) is 4.79 Å². The topological polar surface area (TPSA) is 44.4 Å². The Morgan fingerprint density at radius 2 is 2.06 bits per heavy atom. The average Bonchev–Trinajstić information content (AvgIpc) is 2.40. The van der Waals surface area contributed by atoms with Crippen molar-refractivity contribution in [1.29, 1.82) is 0 Å². The quantitative estimate of drug-likeness (QED) is 0.789. The van der Waals surface area contributed by atoms with Gasteiger partial charge in [0.1, 0.15) is 0 Å². The lowest BCUT2D eigenvalue weighted by molar-refractivity contribution is -0.124. The predicted molar refractivity (Wildman–Crippen MR) is 73.5 cm³/mol. The Morgan fingerprint density at radius 3 is 2.72 bits per heavy atom. The molecule has 18 heavy (non-hydrogen) atoms. The first-order chi connectivity index (χ1) is 8.75. The maximum atomic E-state index is 12.1. The fraction of sp³-hybridized carbons (Fsp3) is 0.929. The van der Waals surface area contributed by atoms with Crippen molar-refractivity contribution >= 4 is 5.91 Å². The van der Waals surface area contributed by atoms with Crippen LogP contribution in [0.4, 0.5) is 0 Å². The molecule has 4 nitrogen and oxygen atoms in total. The van der Waals surface area contributed by atoms with E-state index in [1.54, 1.807) is 0 Å². The minimum absolute atomic E-state index is 0.0440. The molecule has 2 fully saturated rings. The van der Waals surface area contributed by atoms with Gasteiger partial charge in [0, 0.05) is 12.6 Å². The maximum absolute atomic E-state index is 12.1. The molecule has 0 aromatic rings. The SMILES string of the molecule is CC(CN1CCCCC1)NC(=O)[C@@H]1CCCCN1. The van der Waals surface area contributed by atoms with Crippen molar-refractivity contribution in [2.45, 2.75) is 57.5 Å². The lowest BCUT2D eigenvalue weighted by atomic mass is 10.0. The van der Waals surface area contributed by atoms with Crippen LogP contribution >= 0.6 is 0 Å². The van der Waals surface area contributed by atoms with Crippen molar-refractivity contribution in [3.05, 3.63) is 0 Å². The maximum Gasteiger partial charge on any atom is 0.237 e. The normalized spacial score (nSPS) is 27.7. The van der Waals surface area contributed by atoms with Crippen molar-refractivity contribution in [3.63, 3.8) is 0 Å². The van der Waals surface area contributed by atoms with E-state index in [4.69, 9.17) is 0 Å². The van der Waals surface area contributed by atoms with Gasteiger partial charge in [0.05, 0.1) is 6.04 Å². The summed E-state index contributed by atoms with van der Waals surface area (Å²) >= 11 is 0. The van der Waals surface area contributed by atoms with Crippen LogP contribution in [0.5, 0.6) is 0 Å². The summed E-state index contributed by atoms with van der Waals surface area (Å²) in [6.45, 7) is 6.50. The van der Waals surface area contributed by atoms with Crippen LogP contribution in [-0.4, -0.2) is 49.1 Å². The molecular weight excluding hydrogens is 226 g/mol. The van der Waals surface area contributed by atoms with Crippen molar-refractivity contribution in [2.75, 3.05) is 26.2 Å². The minimum atomic E-state index is 0.0440. The van der Waals surface area contributed by atoms with Crippen molar-refractivity contribution < 1.29 is 4.79 Å². The molecule has 0 saturated carbocycles. The number of nitrogens with one attached hydrogen (secondary N) is 2. The number of carbonyl (C=O) groups excluding carboxylic acids is 1. The Labute approximate surface area is 110 Å². The van der Waals surface area contributed by atoms with Gasteiger partial charge >= 0.3 is 0 Å². The van der Waals surface area contributed by atoms with Gasteiger partial charge in [-0.2, -0.15) is 0 Å². The van der Waals surface area contributed by atoms with E-state index in [-0.39, 0.29) is 18.0 Å². The Kier molecular flexibility index (Phi) is 5.45. The highest BCUT2D eigenvalue weighted by molar-refractivity contribution is 5.82. The molecule has 0 aromatic heterocycles. The summed E-state index contributed by atoms with van der Waals surface area (Å²) in [5, 5.41) is 6.46. The van der Waals surface area contributed by atoms with E-state index in [2.05, 4.69) is 22.5 Å². The zero-order valence-corrected chi connectivity index (χ0v) is 11.6. The fourth-order valence-electron chi connectivity index (χ4n) is 2.99. The fourth-order valence-corrected chi connectivity index (χ4v) is 2.99. The molecule has 0 spiro atoms. The summed E-state index contributed by atoms with van der Waals surface area (Å²) in [5.74, 6) is 0.194. The van der Waals surface area contributed by atoms with Gasteiger partial charge in [0.25, 0.3) is 0 Å². The molecule has 2 aliphatic heterocycles. The van der Waals surface area contributed by atoms with Gasteiger partial charge in [-0.05, 0) is 52.2 Å². The molecular formula is C14H27N3O. The third-order valence-electron chi connectivity index (χ3n) is 4.00. The van der Waals surface area contributed by atoms with Gasteiger partial charge in [-0.25, -0.2) is 0 Å². The lowest BCUT2D eigenvalue weighted by Gasteiger charge is -2.30. The van der Waals surface area contributed by atoms with Gasteiger partial charge in [0.2, 0.25) is 5.91 Å². The van der Waals surface area contributed by atoms with E-state index in [1.165, 1.54) is 45.2 Å². The number of nitrogens with zero attached hydrogens (tertiary/aromatic N) is 1. The first kappa shape index (κ1) is 13.8. The van der Waals surface area contributed by atoms with Crippen LogP contribution in [-0.2, 0) is 4.79 Å². The first-order valence-corrected chi connectivity index (χ1v) is 7.52. The second-order valence-electron chi connectivity index (χ2n) is 5.77. The van der Waals surface area contributed by atoms with E-state index in [9.17, 15) is 4.79 Å². The van der Waals surface area contributed by atoms with E-state index in [0.29, 0.717) is 0 Å². The summed E-state index contributed by atoms with van der Waals surface area (Å²) in [4.78, 5) is 14.5. The van der Waals surface area contributed by atoms with Crippen LogP contribution in [0.1, 0.15) is 45.4 Å². The van der Waals surface area contributed by atoms with Crippen LogP contribution in [0, 0.1) is 0 Å². The van der Waals surface area contributed by atoms with E-state index < -0.39 is 0 Å². The highest BCUT2D eigenvalue weighted by Gasteiger charge is 2.22. The molecule has 2 heterocycles. The molecule has 1 unspecified atom stereocenters. The standard InChI is InChI=1S/C14H27N3O/c1-12(11-17-9-5-2-6-10-17)16-14(18)13-7-3-4-8-15-13/h12-13,15H,2-11H2,1H3,(H,16,18)/t12?,13-/m0/s1. The second kappa shape index (κ2) is 7.10. The third kappa shape index (κ3) is 4.25. The number of amides is 1. The monoisotopic (exact) mass is 253 g/mol. The average molecular weight is 253 g/mol. The Balaban J connectivity index is 1.68. The number of rotatable bonds is 4. The molecule has 104 valence electrons. The van der Waals surface area contributed by atoms with Gasteiger partial charge in [-0.1, -0.05) is 12.8 Å². The summed E-state index contributed by atoms with van der Waals surface area (Å²) in [6, 6.07) is 0.307. The first-order valence-electron chi connectivity index (χ1n) is 7.52. The number of piperidine rings is 2. The third-order valence-corrected chi connectivity index (χ3v) is 4.00. The number of hydrogen-bond acceptors (Lipinski definition) is 3. The Morgan fingerprint density at radius 1 is 1.28 bits per heavy atom. The highest BCUT2D eigenvalue weighted by atomic mass is 16.2. The largest absolute Gasteiger partial charge is 0.351 e. The van der Waals surface area contributed by atoms with E-state index in [1.807, 2.05) is 0 Å². The van der Waals surface area contributed by atoms with Crippen LogP contribution in [0.3, 0.4) is 0 Å². The molecule has 2 N–H and O–H groups in total. The van der Waals surface area contributed by atoms with Crippen LogP contribution in [0.25, 0.3) is 0 Å². The second-order valence-corrected chi connectivity index (χ2v) is 5.77. The number of carbonyl (C=O) groups is 1. The summed E-state index contributed by atoms with van der Waals surface area (Å²) < 4.78 is 0. The number of likely N-dealkylation sites (tertiary alicyclic amines) is 1. The molecule has 4 heteroatoms. The number of hydrogen-bond donors (Lipinski definition) is 2. The molecule has 1 amide bonds. The van der Waals surface area contributed by atoms with Crippen LogP contribution < -0.4 is 10.6 Å². The minimum Gasteiger partial charge on any atom is -0.351 e. The molecule has 2 saturated heterocycles. The molecule has 0 aromatic carbocycles. The molecule has 0 radical (unpaired) electrons. The van der Waals surface area contributed by atoms with Gasteiger partial charge in [0.15, 0.2) is 0 Å². The lowest BCUT2D eigenvalue weighted by Crippen LogP contribution is -2.51. The van der Waals surface area contributed by atoms with E-state index in [0.717, 1.165) is 19.5 Å². The Hall–Kier alpha value is -0.610. The summed E-state index contributed by atoms with van der Waals surface area (Å²) in [6.07, 6.45) is 7.35. The van der Waals surface area contributed by atoms with Gasteiger partial charge in [-0.15, -0.1) is 0 Å². The van der Waals surface area contributed by atoms with Crippen LogP contribution in [0.15, 0.2) is 0 Å².